The van der Waals surface area contributed by atoms with Crippen LogP contribution in [0.4, 0.5) is 22.0 Å². The molecule has 38 heavy (non-hydrogen) atoms. The molecule has 0 bridgehead atoms. The molecule has 0 spiro atoms. The highest BCUT2D eigenvalue weighted by molar-refractivity contribution is 7.91. The Kier molecular flexibility index (Phi) is 7.10. The third-order valence-corrected chi connectivity index (χ3v) is 9.36. The highest BCUT2D eigenvalue weighted by Gasteiger charge is 2.47. The third kappa shape index (κ3) is 5.23. The molecule has 2 N–H and O–H groups in total. The molecule has 5 rings (SSSR count). The number of carbonyl (C=O) groups is 1. The molecule has 12 heteroatoms. The molecule has 2 amide bonds. The van der Waals surface area contributed by atoms with Gasteiger partial charge >= 0.3 is 6.03 Å². The zero-order chi connectivity index (χ0) is 26.9. The quantitative estimate of drug-likeness (QED) is 0.486. The molecule has 1 saturated carbocycles. The van der Waals surface area contributed by atoms with Crippen molar-refractivity contribution in [1.29, 1.82) is 0 Å². The monoisotopic (exact) mass is 539 g/mol. The van der Waals surface area contributed by atoms with Gasteiger partial charge in [0.1, 0.15) is 10.6 Å². The number of aryl methyl sites for hydroxylation is 1. The minimum absolute atomic E-state index is 0.0991. The molecule has 1 aromatic carbocycles. The van der Waals surface area contributed by atoms with Crippen molar-refractivity contribution in [2.24, 2.45) is 7.05 Å². The fourth-order valence-corrected chi connectivity index (χ4v) is 6.77. The number of urea groups is 1. The van der Waals surface area contributed by atoms with E-state index in [2.05, 4.69) is 27.6 Å². The van der Waals surface area contributed by atoms with Crippen molar-refractivity contribution >= 4 is 33.1 Å². The molecule has 202 valence electrons. The van der Waals surface area contributed by atoms with Crippen LogP contribution in [0.25, 0.3) is 11.4 Å². The second-order valence-corrected chi connectivity index (χ2v) is 12.4. The Bertz CT molecular complexity index is 1420. The third-order valence-electron chi connectivity index (χ3n) is 7.33. The standard InChI is InChI=1S/C26H33N7O4S/c1-18-17-37-13-12-33(18)23-14-22(26(38(3,35)36)10-4-5-11-26)30-24(31-23)19-6-8-20(9-7-19)28-25(34)29-21-15-27-32(2)16-21/h6-9,14-16,18H,4-5,10-13,17H2,1-3H3,(H2,28,29,34)/t18-/m0/s1. The minimum atomic E-state index is -3.42. The summed E-state index contributed by atoms with van der Waals surface area (Å²) in [6.07, 6.45) is 7.37. The van der Waals surface area contributed by atoms with E-state index in [1.165, 1.54) is 6.26 Å². The summed E-state index contributed by atoms with van der Waals surface area (Å²) in [5, 5.41) is 9.57. The van der Waals surface area contributed by atoms with E-state index in [1.807, 2.05) is 18.2 Å². The van der Waals surface area contributed by atoms with Crippen LogP contribution in [-0.4, -0.2) is 66.3 Å². The van der Waals surface area contributed by atoms with Gasteiger partial charge in [-0.15, -0.1) is 0 Å². The number of sulfone groups is 1. The van der Waals surface area contributed by atoms with E-state index in [9.17, 15) is 13.2 Å². The SMILES string of the molecule is C[C@H]1COCCN1c1cc(C2(S(C)(=O)=O)CCCC2)nc(-c2ccc(NC(=O)Nc3cnn(C)c3)cc2)n1. The van der Waals surface area contributed by atoms with Gasteiger partial charge in [0.15, 0.2) is 15.7 Å². The summed E-state index contributed by atoms with van der Waals surface area (Å²) in [7, 11) is -1.64. The topological polar surface area (TPSA) is 131 Å². The van der Waals surface area contributed by atoms with Crippen LogP contribution >= 0.6 is 0 Å². The van der Waals surface area contributed by atoms with Crippen molar-refractivity contribution in [3.63, 3.8) is 0 Å². The van der Waals surface area contributed by atoms with E-state index in [4.69, 9.17) is 14.7 Å². The van der Waals surface area contributed by atoms with Gasteiger partial charge in [0.25, 0.3) is 0 Å². The highest BCUT2D eigenvalue weighted by Crippen LogP contribution is 2.45. The number of morpholine rings is 1. The number of ether oxygens (including phenoxy) is 1. The lowest BCUT2D eigenvalue weighted by atomic mass is 10.0. The lowest BCUT2D eigenvalue weighted by Crippen LogP contribution is -2.44. The fourth-order valence-electron chi connectivity index (χ4n) is 5.26. The maximum absolute atomic E-state index is 13.1. The first kappa shape index (κ1) is 26.1. The number of hydrogen-bond donors (Lipinski definition) is 2. The van der Waals surface area contributed by atoms with Crippen molar-refractivity contribution in [1.82, 2.24) is 19.7 Å². The van der Waals surface area contributed by atoms with E-state index in [-0.39, 0.29) is 12.1 Å². The van der Waals surface area contributed by atoms with Gasteiger partial charge in [0.05, 0.1) is 36.8 Å². The number of rotatable bonds is 6. The molecule has 1 aliphatic carbocycles. The van der Waals surface area contributed by atoms with E-state index in [0.29, 0.717) is 61.3 Å². The zero-order valence-corrected chi connectivity index (χ0v) is 22.7. The molecule has 1 atom stereocenters. The smallest absolute Gasteiger partial charge is 0.323 e. The van der Waals surface area contributed by atoms with Crippen LogP contribution in [0.1, 0.15) is 38.3 Å². The summed E-state index contributed by atoms with van der Waals surface area (Å²) in [6.45, 7) is 3.89. The number of aromatic nitrogens is 4. The van der Waals surface area contributed by atoms with Crippen LogP contribution < -0.4 is 15.5 Å². The maximum atomic E-state index is 13.1. The zero-order valence-electron chi connectivity index (χ0n) is 21.8. The van der Waals surface area contributed by atoms with Crippen molar-refractivity contribution in [2.45, 2.75) is 43.4 Å². The number of benzene rings is 1. The molecular weight excluding hydrogens is 506 g/mol. The highest BCUT2D eigenvalue weighted by atomic mass is 32.2. The van der Waals surface area contributed by atoms with Gasteiger partial charge in [-0.3, -0.25) is 4.68 Å². The Morgan fingerprint density at radius 2 is 1.82 bits per heavy atom. The van der Waals surface area contributed by atoms with Gasteiger partial charge in [0, 0.05) is 43.4 Å². The maximum Gasteiger partial charge on any atom is 0.323 e. The Labute approximate surface area is 222 Å². The summed E-state index contributed by atoms with van der Waals surface area (Å²) in [5.74, 6) is 1.16. The van der Waals surface area contributed by atoms with Crippen LogP contribution in [0.2, 0.25) is 0 Å². The number of anilines is 3. The van der Waals surface area contributed by atoms with Crippen LogP contribution in [0.5, 0.6) is 0 Å². The first-order chi connectivity index (χ1) is 18.1. The number of hydrogen-bond acceptors (Lipinski definition) is 8. The normalized spacial score (nSPS) is 19.3. The van der Waals surface area contributed by atoms with E-state index in [0.717, 1.165) is 18.4 Å². The van der Waals surface area contributed by atoms with E-state index >= 15 is 0 Å². The van der Waals surface area contributed by atoms with Crippen LogP contribution in [0.15, 0.2) is 42.7 Å². The second-order valence-electron chi connectivity index (χ2n) is 10.1. The minimum Gasteiger partial charge on any atom is -0.377 e. The molecule has 3 heterocycles. The molecule has 2 aromatic heterocycles. The van der Waals surface area contributed by atoms with Crippen molar-refractivity contribution < 1.29 is 17.9 Å². The van der Waals surface area contributed by atoms with Gasteiger partial charge in [-0.2, -0.15) is 5.10 Å². The average Bonchev–Trinajstić information content (AvgIpc) is 3.54. The number of nitrogens with one attached hydrogen (secondary N) is 2. The van der Waals surface area contributed by atoms with Crippen LogP contribution in [-0.2, 0) is 26.4 Å². The molecule has 1 aliphatic heterocycles. The summed E-state index contributed by atoms with van der Waals surface area (Å²) >= 11 is 0. The molecular formula is C26H33N7O4S. The molecule has 0 unspecified atom stereocenters. The molecule has 2 aliphatic rings. The Morgan fingerprint density at radius 1 is 1.11 bits per heavy atom. The van der Waals surface area contributed by atoms with Crippen LogP contribution in [0, 0.1) is 0 Å². The molecule has 3 aromatic rings. The summed E-state index contributed by atoms with van der Waals surface area (Å²) in [5.41, 5.74) is 2.46. The first-order valence-corrected chi connectivity index (χ1v) is 14.6. The van der Waals surface area contributed by atoms with Crippen molar-refractivity contribution in [3.8, 4) is 11.4 Å². The average molecular weight is 540 g/mol. The molecule has 0 radical (unpaired) electrons. The lowest BCUT2D eigenvalue weighted by Gasteiger charge is -2.35. The number of carbonyl (C=O) groups excluding carboxylic acids is 1. The first-order valence-electron chi connectivity index (χ1n) is 12.8. The van der Waals surface area contributed by atoms with Gasteiger partial charge in [0.2, 0.25) is 0 Å². The number of nitrogens with zero attached hydrogens (tertiary/aromatic N) is 5. The predicted octanol–water partition coefficient (Wildman–Crippen LogP) is 3.56. The van der Waals surface area contributed by atoms with Crippen LogP contribution in [0.3, 0.4) is 0 Å². The molecule has 2 fully saturated rings. The molecule has 11 nitrogen and oxygen atoms in total. The van der Waals surface area contributed by atoms with E-state index < -0.39 is 14.6 Å². The number of amides is 2. The summed E-state index contributed by atoms with van der Waals surface area (Å²) < 4.78 is 32.4. The summed E-state index contributed by atoms with van der Waals surface area (Å²) in [6, 6.07) is 8.77. The van der Waals surface area contributed by atoms with Gasteiger partial charge in [-0.25, -0.2) is 23.2 Å². The van der Waals surface area contributed by atoms with Crippen molar-refractivity contribution in [2.75, 3.05) is 41.5 Å². The Morgan fingerprint density at radius 3 is 2.45 bits per heavy atom. The largest absolute Gasteiger partial charge is 0.377 e. The predicted molar refractivity (Wildman–Crippen MR) is 146 cm³/mol. The Balaban J connectivity index is 1.47. The van der Waals surface area contributed by atoms with E-state index in [1.54, 1.807) is 36.3 Å². The van der Waals surface area contributed by atoms with Gasteiger partial charge in [-0.1, -0.05) is 12.8 Å². The van der Waals surface area contributed by atoms with Crippen molar-refractivity contribution in [3.05, 3.63) is 48.4 Å². The summed E-state index contributed by atoms with van der Waals surface area (Å²) in [4.78, 5) is 24.2. The van der Waals surface area contributed by atoms with Gasteiger partial charge in [-0.05, 0) is 44.0 Å². The van der Waals surface area contributed by atoms with Gasteiger partial charge < -0.3 is 20.3 Å². The Hall–Kier alpha value is -3.51. The molecule has 1 saturated heterocycles. The second kappa shape index (κ2) is 10.3. The lowest BCUT2D eigenvalue weighted by molar-refractivity contribution is 0.0985. The fraction of sp³-hybridized carbons (Fsp3) is 0.462.